The predicted molar refractivity (Wildman–Crippen MR) is 132 cm³/mol. The lowest BCUT2D eigenvalue weighted by Crippen LogP contribution is -2.54. The van der Waals surface area contributed by atoms with Gasteiger partial charge in [-0.2, -0.15) is 0 Å². The van der Waals surface area contributed by atoms with Gasteiger partial charge in [-0.05, 0) is 37.8 Å². The minimum atomic E-state index is -1.09. The summed E-state index contributed by atoms with van der Waals surface area (Å²) in [5, 5.41) is 15.1. The molecule has 0 aromatic heterocycles. The van der Waals surface area contributed by atoms with Gasteiger partial charge in [-0.3, -0.25) is 14.4 Å². The number of unbranched alkanes of at least 4 members (excludes halogenated alkanes) is 3. The highest BCUT2D eigenvalue weighted by Crippen LogP contribution is 2.60. The molecule has 186 valence electrons. The topological polar surface area (TPSA) is 108 Å². The maximum atomic E-state index is 13.8. The lowest BCUT2D eigenvalue weighted by Gasteiger charge is -2.34. The molecule has 3 amide bonds. The van der Waals surface area contributed by atoms with E-state index in [0.29, 0.717) is 36.5 Å². The van der Waals surface area contributed by atoms with Gasteiger partial charge in [0.2, 0.25) is 17.7 Å². The monoisotopic (exact) mass is 555 g/mol. The molecule has 3 N–H and O–H groups in total. The van der Waals surface area contributed by atoms with Crippen LogP contribution in [0.25, 0.3) is 0 Å². The molecule has 3 fully saturated rings. The molecule has 3 unspecified atom stereocenters. The van der Waals surface area contributed by atoms with Crippen molar-refractivity contribution in [2.75, 3.05) is 25.5 Å². The number of hydrogen-bond acceptors (Lipinski definition) is 5. The molecule has 4 rings (SSSR count). The van der Waals surface area contributed by atoms with E-state index in [4.69, 9.17) is 21.4 Å². The highest BCUT2D eigenvalue weighted by Gasteiger charge is 2.76. The minimum absolute atomic E-state index is 0.131. The summed E-state index contributed by atoms with van der Waals surface area (Å²) in [7, 11) is 1.55. The molecule has 3 aliphatic heterocycles. The SMILES string of the molecule is CNC(=O)[C@H]1[C@@H]2OC3(CC2Br)C(C(=O)Nc2c(C)cccc2Cl)N(CCCCCCO)C(=O)[C@H]13. The second kappa shape index (κ2) is 10.1. The molecular weight excluding hydrogens is 526 g/mol. The molecule has 10 heteroatoms. The van der Waals surface area contributed by atoms with Gasteiger partial charge in [-0.15, -0.1) is 0 Å². The zero-order chi connectivity index (χ0) is 24.6. The number of nitrogens with one attached hydrogen (secondary N) is 2. The van der Waals surface area contributed by atoms with E-state index < -0.39 is 29.6 Å². The number of para-hydroxylation sites is 1. The van der Waals surface area contributed by atoms with Crippen LogP contribution in [0.5, 0.6) is 0 Å². The summed E-state index contributed by atoms with van der Waals surface area (Å²) < 4.78 is 6.41. The number of alkyl halides is 1. The Labute approximate surface area is 212 Å². The van der Waals surface area contributed by atoms with Gasteiger partial charge in [-0.25, -0.2) is 0 Å². The van der Waals surface area contributed by atoms with Crippen LogP contribution in [0.3, 0.4) is 0 Å². The molecule has 0 aliphatic carbocycles. The van der Waals surface area contributed by atoms with Gasteiger partial charge in [0.15, 0.2) is 0 Å². The summed E-state index contributed by atoms with van der Waals surface area (Å²) in [5.41, 5.74) is 0.237. The Kier molecular flexibility index (Phi) is 7.57. The first kappa shape index (κ1) is 25.4. The number of fused-ring (bicyclic) bond motifs is 1. The fourth-order valence-electron chi connectivity index (χ4n) is 5.87. The Morgan fingerprint density at radius 1 is 1.26 bits per heavy atom. The number of nitrogens with zero attached hydrogens (tertiary/aromatic N) is 1. The average molecular weight is 557 g/mol. The van der Waals surface area contributed by atoms with Crippen molar-refractivity contribution in [3.63, 3.8) is 0 Å². The van der Waals surface area contributed by atoms with Crippen LogP contribution in [-0.2, 0) is 19.1 Å². The largest absolute Gasteiger partial charge is 0.396 e. The van der Waals surface area contributed by atoms with Crippen LogP contribution in [0.1, 0.15) is 37.7 Å². The molecule has 1 spiro atoms. The van der Waals surface area contributed by atoms with E-state index in [0.717, 1.165) is 18.4 Å². The van der Waals surface area contributed by atoms with Gasteiger partial charge in [-0.1, -0.05) is 52.5 Å². The van der Waals surface area contributed by atoms with Crippen LogP contribution >= 0.6 is 27.5 Å². The number of aryl methyl sites for hydroxylation is 1. The number of halogens is 2. The lowest BCUT2D eigenvalue weighted by molar-refractivity contribution is -0.140. The van der Waals surface area contributed by atoms with Crippen molar-refractivity contribution >= 4 is 50.9 Å². The van der Waals surface area contributed by atoms with Crippen molar-refractivity contribution in [1.82, 2.24) is 10.2 Å². The molecule has 3 aliphatic rings. The van der Waals surface area contributed by atoms with Gasteiger partial charge in [0.25, 0.3) is 0 Å². The summed E-state index contributed by atoms with van der Waals surface area (Å²) in [6, 6.07) is 4.50. The first-order valence-corrected chi connectivity index (χ1v) is 13.1. The molecule has 2 bridgehead atoms. The number of benzene rings is 1. The Morgan fingerprint density at radius 2 is 2.00 bits per heavy atom. The Hall–Kier alpha value is -1.68. The van der Waals surface area contributed by atoms with Gasteiger partial charge >= 0.3 is 0 Å². The third-order valence-corrected chi connectivity index (χ3v) is 8.52. The van der Waals surface area contributed by atoms with E-state index in [2.05, 4.69) is 26.6 Å². The number of carbonyl (C=O) groups is 3. The van der Waals surface area contributed by atoms with Crippen LogP contribution < -0.4 is 10.6 Å². The Morgan fingerprint density at radius 3 is 2.68 bits per heavy atom. The van der Waals surface area contributed by atoms with E-state index in [9.17, 15) is 14.4 Å². The Balaban J connectivity index is 1.67. The van der Waals surface area contributed by atoms with Crippen molar-refractivity contribution in [3.8, 4) is 0 Å². The number of rotatable bonds is 9. The first-order valence-electron chi connectivity index (χ1n) is 11.8. The molecule has 8 nitrogen and oxygen atoms in total. The minimum Gasteiger partial charge on any atom is -0.396 e. The molecule has 6 atom stereocenters. The van der Waals surface area contributed by atoms with E-state index in [-0.39, 0.29) is 29.2 Å². The third kappa shape index (κ3) is 4.14. The van der Waals surface area contributed by atoms with Crippen LogP contribution in [-0.4, -0.2) is 70.5 Å². The smallest absolute Gasteiger partial charge is 0.250 e. The van der Waals surface area contributed by atoms with Crippen molar-refractivity contribution in [2.45, 2.75) is 61.6 Å². The van der Waals surface area contributed by atoms with Crippen molar-refractivity contribution in [3.05, 3.63) is 28.8 Å². The second-order valence-corrected chi connectivity index (χ2v) is 11.0. The fourth-order valence-corrected chi connectivity index (χ4v) is 7.08. The number of hydrogen-bond donors (Lipinski definition) is 3. The van der Waals surface area contributed by atoms with E-state index >= 15 is 0 Å². The number of aliphatic hydroxyl groups is 1. The zero-order valence-corrected chi connectivity index (χ0v) is 21.7. The molecule has 0 saturated carbocycles. The molecule has 1 aromatic rings. The molecule has 3 saturated heterocycles. The summed E-state index contributed by atoms with van der Waals surface area (Å²) in [6.07, 6.45) is 3.04. The molecular formula is C24H31BrClN3O5. The van der Waals surface area contributed by atoms with E-state index in [1.165, 1.54) is 0 Å². The predicted octanol–water partition coefficient (Wildman–Crippen LogP) is 2.63. The van der Waals surface area contributed by atoms with Crippen molar-refractivity contribution in [1.29, 1.82) is 0 Å². The number of carbonyl (C=O) groups excluding carboxylic acids is 3. The maximum Gasteiger partial charge on any atom is 0.250 e. The summed E-state index contributed by atoms with van der Waals surface area (Å²) >= 11 is 10.0. The molecule has 1 aromatic carbocycles. The summed E-state index contributed by atoms with van der Waals surface area (Å²) in [5.74, 6) is -2.20. The third-order valence-electron chi connectivity index (χ3n) is 7.36. The van der Waals surface area contributed by atoms with Crippen LogP contribution in [0.4, 0.5) is 5.69 Å². The first-order chi connectivity index (χ1) is 16.3. The molecule has 3 heterocycles. The number of anilines is 1. The van der Waals surface area contributed by atoms with Gasteiger partial charge in [0, 0.05) is 25.0 Å². The number of ether oxygens (including phenoxy) is 1. The normalized spacial score (nSPS) is 31.6. The second-order valence-electron chi connectivity index (χ2n) is 9.37. The van der Waals surface area contributed by atoms with Crippen molar-refractivity contribution < 1.29 is 24.2 Å². The van der Waals surface area contributed by atoms with Gasteiger partial charge in [0.1, 0.15) is 11.6 Å². The van der Waals surface area contributed by atoms with Gasteiger partial charge in [0.05, 0.1) is 28.6 Å². The Bertz CT molecular complexity index is 958. The standard InChI is InChI=1S/C24H31BrClN3O5/c1-13-8-7-9-15(26)18(13)28-22(32)20-24-12-14(25)19(34-24)16(21(31)27-2)17(24)23(33)29(20)10-5-3-4-6-11-30/h7-9,14,16-17,19-20,30H,3-6,10-12H2,1-2H3,(H,27,31)(H,28,32)/t14?,16-,17+,19-,20?,24?/m1/s1. The quantitative estimate of drug-likeness (QED) is 0.320. The highest BCUT2D eigenvalue weighted by atomic mass is 79.9. The molecule has 34 heavy (non-hydrogen) atoms. The summed E-state index contributed by atoms with van der Waals surface area (Å²) in [6.45, 7) is 2.37. The lowest BCUT2D eigenvalue weighted by atomic mass is 9.70. The zero-order valence-electron chi connectivity index (χ0n) is 19.4. The highest BCUT2D eigenvalue weighted by molar-refractivity contribution is 9.09. The van der Waals surface area contributed by atoms with Crippen LogP contribution in [0, 0.1) is 18.8 Å². The average Bonchev–Trinajstić information content (AvgIpc) is 3.39. The number of aliphatic hydroxyl groups excluding tert-OH is 1. The van der Waals surface area contributed by atoms with Gasteiger partial charge < -0.3 is 25.4 Å². The number of likely N-dealkylation sites (tertiary alicyclic amines) is 1. The maximum absolute atomic E-state index is 13.8. The van der Waals surface area contributed by atoms with Crippen LogP contribution in [0.15, 0.2) is 18.2 Å². The fraction of sp³-hybridized carbons (Fsp3) is 0.625. The number of amides is 3. The summed E-state index contributed by atoms with van der Waals surface area (Å²) in [4.78, 5) is 41.8. The van der Waals surface area contributed by atoms with Crippen molar-refractivity contribution in [2.24, 2.45) is 11.8 Å². The van der Waals surface area contributed by atoms with E-state index in [1.54, 1.807) is 18.0 Å². The van der Waals surface area contributed by atoms with E-state index in [1.807, 2.05) is 19.1 Å². The van der Waals surface area contributed by atoms with Crippen LogP contribution in [0.2, 0.25) is 5.02 Å². The molecule has 0 radical (unpaired) electrons.